The molecule has 1 aromatic carbocycles. The number of hydrogen-bond acceptors (Lipinski definition) is 4. The van der Waals surface area contributed by atoms with Gasteiger partial charge in [0.1, 0.15) is 0 Å². The molecule has 1 aromatic rings. The molecule has 0 aliphatic carbocycles. The fourth-order valence-electron chi connectivity index (χ4n) is 5.29. The van der Waals surface area contributed by atoms with Gasteiger partial charge in [0.15, 0.2) is 5.96 Å². The van der Waals surface area contributed by atoms with Gasteiger partial charge < -0.3 is 20.2 Å². The van der Waals surface area contributed by atoms with Crippen molar-refractivity contribution in [1.82, 2.24) is 20.0 Å². The van der Waals surface area contributed by atoms with E-state index in [1.165, 1.54) is 56.4 Å². The Hall–Kier alpha value is -1.63. The zero-order valence-electron chi connectivity index (χ0n) is 19.3. The fraction of sp³-hybridized carbons (Fsp3) is 0.720. The maximum atomic E-state index is 9.67. The van der Waals surface area contributed by atoms with Gasteiger partial charge in [0.05, 0.1) is 6.10 Å². The van der Waals surface area contributed by atoms with Gasteiger partial charge in [-0.05, 0) is 62.2 Å². The SMILES string of the molecule is CN=C(NCc1ccc(CN2CCC(O)CC2)cc1)N1CCC(CN2CCCCC2)C1. The number of aliphatic hydroxyl groups excluding tert-OH is 1. The Balaban J connectivity index is 1.20. The Kier molecular flexibility index (Phi) is 8.22. The van der Waals surface area contributed by atoms with E-state index < -0.39 is 0 Å². The number of likely N-dealkylation sites (tertiary alicyclic amines) is 3. The van der Waals surface area contributed by atoms with Gasteiger partial charge in [-0.1, -0.05) is 30.7 Å². The number of nitrogens with zero attached hydrogens (tertiary/aromatic N) is 4. The molecule has 172 valence electrons. The van der Waals surface area contributed by atoms with Crippen LogP contribution >= 0.6 is 0 Å². The highest BCUT2D eigenvalue weighted by atomic mass is 16.3. The van der Waals surface area contributed by atoms with Crippen molar-refractivity contribution in [2.45, 2.75) is 57.7 Å². The van der Waals surface area contributed by atoms with E-state index in [9.17, 15) is 5.11 Å². The van der Waals surface area contributed by atoms with Crippen molar-refractivity contribution in [3.63, 3.8) is 0 Å². The summed E-state index contributed by atoms with van der Waals surface area (Å²) in [5.41, 5.74) is 2.65. The molecule has 0 aromatic heterocycles. The molecule has 3 saturated heterocycles. The fourth-order valence-corrected chi connectivity index (χ4v) is 5.29. The molecule has 4 rings (SSSR count). The lowest BCUT2D eigenvalue weighted by Crippen LogP contribution is -2.41. The van der Waals surface area contributed by atoms with Crippen molar-refractivity contribution in [2.75, 3.05) is 52.9 Å². The predicted molar refractivity (Wildman–Crippen MR) is 127 cm³/mol. The Bertz CT molecular complexity index is 692. The van der Waals surface area contributed by atoms with Gasteiger partial charge in [-0.3, -0.25) is 9.89 Å². The Morgan fingerprint density at radius 2 is 1.65 bits per heavy atom. The topological polar surface area (TPSA) is 54.3 Å². The van der Waals surface area contributed by atoms with Crippen LogP contribution in [0.15, 0.2) is 29.3 Å². The number of hydrogen-bond donors (Lipinski definition) is 2. The van der Waals surface area contributed by atoms with E-state index in [0.717, 1.165) is 64.0 Å². The third kappa shape index (κ3) is 6.67. The molecule has 31 heavy (non-hydrogen) atoms. The number of guanidine groups is 1. The summed E-state index contributed by atoms with van der Waals surface area (Å²) < 4.78 is 0. The maximum absolute atomic E-state index is 9.67. The summed E-state index contributed by atoms with van der Waals surface area (Å²) in [5, 5.41) is 13.3. The van der Waals surface area contributed by atoms with Crippen molar-refractivity contribution >= 4 is 5.96 Å². The molecule has 0 saturated carbocycles. The minimum atomic E-state index is -0.102. The molecule has 0 radical (unpaired) electrons. The molecule has 3 heterocycles. The van der Waals surface area contributed by atoms with Crippen LogP contribution < -0.4 is 5.32 Å². The summed E-state index contributed by atoms with van der Waals surface area (Å²) in [6, 6.07) is 8.96. The smallest absolute Gasteiger partial charge is 0.193 e. The lowest BCUT2D eigenvalue weighted by Gasteiger charge is -2.29. The number of nitrogens with one attached hydrogen (secondary N) is 1. The van der Waals surface area contributed by atoms with Gasteiger partial charge >= 0.3 is 0 Å². The van der Waals surface area contributed by atoms with Gasteiger partial charge in [0.2, 0.25) is 0 Å². The van der Waals surface area contributed by atoms with Crippen molar-refractivity contribution in [3.8, 4) is 0 Å². The summed E-state index contributed by atoms with van der Waals surface area (Å²) in [6.07, 6.45) is 7.13. The van der Waals surface area contributed by atoms with Gasteiger partial charge in [-0.25, -0.2) is 0 Å². The standard InChI is InChI=1S/C25H41N5O/c1-26-25(30-16-9-23(20-30)19-28-12-3-2-4-13-28)27-17-21-5-7-22(8-6-21)18-29-14-10-24(31)11-15-29/h5-8,23-24,31H,2-4,9-20H2,1H3,(H,26,27). The number of aliphatic imine (C=N–C) groups is 1. The second kappa shape index (κ2) is 11.3. The van der Waals surface area contributed by atoms with Crippen molar-refractivity contribution in [1.29, 1.82) is 0 Å². The summed E-state index contributed by atoms with van der Waals surface area (Å²) >= 11 is 0. The molecule has 6 nitrogen and oxygen atoms in total. The van der Waals surface area contributed by atoms with Crippen molar-refractivity contribution < 1.29 is 5.11 Å². The lowest BCUT2D eigenvalue weighted by molar-refractivity contribution is 0.0792. The van der Waals surface area contributed by atoms with Crippen LogP contribution in [0.5, 0.6) is 0 Å². The first-order valence-corrected chi connectivity index (χ1v) is 12.4. The molecular weight excluding hydrogens is 386 g/mol. The molecule has 3 aliphatic heterocycles. The Morgan fingerprint density at radius 3 is 2.35 bits per heavy atom. The normalized spacial score (nSPS) is 24.6. The van der Waals surface area contributed by atoms with E-state index in [1.807, 2.05) is 7.05 Å². The molecule has 1 atom stereocenters. The van der Waals surface area contributed by atoms with E-state index in [4.69, 9.17) is 0 Å². The molecule has 6 heteroatoms. The van der Waals surface area contributed by atoms with Crippen LogP contribution in [0.3, 0.4) is 0 Å². The van der Waals surface area contributed by atoms with Crippen LogP contribution in [0.25, 0.3) is 0 Å². The second-order valence-electron chi connectivity index (χ2n) is 9.69. The maximum Gasteiger partial charge on any atom is 0.193 e. The molecular formula is C25H41N5O. The van der Waals surface area contributed by atoms with Gasteiger partial charge in [0, 0.05) is 52.9 Å². The van der Waals surface area contributed by atoms with E-state index >= 15 is 0 Å². The van der Waals surface area contributed by atoms with Crippen LogP contribution in [0.2, 0.25) is 0 Å². The molecule has 0 amide bonds. The lowest BCUT2D eigenvalue weighted by atomic mass is 10.1. The molecule has 0 bridgehead atoms. The van der Waals surface area contributed by atoms with E-state index in [-0.39, 0.29) is 6.10 Å². The number of rotatable bonds is 6. The van der Waals surface area contributed by atoms with E-state index in [0.29, 0.717) is 0 Å². The minimum Gasteiger partial charge on any atom is -0.393 e. The number of piperidine rings is 2. The number of benzene rings is 1. The highest BCUT2D eigenvalue weighted by Gasteiger charge is 2.27. The molecule has 1 unspecified atom stereocenters. The highest BCUT2D eigenvalue weighted by molar-refractivity contribution is 5.80. The van der Waals surface area contributed by atoms with Gasteiger partial charge in [0.25, 0.3) is 0 Å². The van der Waals surface area contributed by atoms with Crippen LogP contribution in [0.4, 0.5) is 0 Å². The molecule has 3 aliphatic rings. The molecule has 0 spiro atoms. The van der Waals surface area contributed by atoms with Gasteiger partial charge in [-0.2, -0.15) is 0 Å². The quantitative estimate of drug-likeness (QED) is 0.540. The average Bonchev–Trinajstić information content (AvgIpc) is 3.26. The predicted octanol–water partition coefficient (Wildman–Crippen LogP) is 2.53. The number of aliphatic hydroxyl groups is 1. The summed E-state index contributed by atoms with van der Waals surface area (Å²) in [5.74, 6) is 1.81. The Morgan fingerprint density at radius 1 is 0.935 bits per heavy atom. The van der Waals surface area contributed by atoms with Crippen molar-refractivity contribution in [2.24, 2.45) is 10.9 Å². The largest absolute Gasteiger partial charge is 0.393 e. The molecule has 3 fully saturated rings. The second-order valence-corrected chi connectivity index (χ2v) is 9.69. The van der Waals surface area contributed by atoms with Crippen LogP contribution in [-0.4, -0.2) is 84.7 Å². The summed E-state index contributed by atoms with van der Waals surface area (Å²) in [6.45, 7) is 9.86. The average molecular weight is 428 g/mol. The first kappa shape index (κ1) is 22.6. The molecule has 2 N–H and O–H groups in total. The van der Waals surface area contributed by atoms with Crippen molar-refractivity contribution in [3.05, 3.63) is 35.4 Å². The van der Waals surface area contributed by atoms with Crippen LogP contribution in [0, 0.1) is 5.92 Å². The van der Waals surface area contributed by atoms with Gasteiger partial charge in [-0.15, -0.1) is 0 Å². The van der Waals surface area contributed by atoms with E-state index in [2.05, 4.69) is 49.3 Å². The first-order valence-electron chi connectivity index (χ1n) is 12.4. The zero-order valence-corrected chi connectivity index (χ0v) is 19.3. The van der Waals surface area contributed by atoms with Crippen LogP contribution in [0.1, 0.15) is 49.7 Å². The first-order chi connectivity index (χ1) is 15.2. The van der Waals surface area contributed by atoms with Crippen LogP contribution in [-0.2, 0) is 13.1 Å². The summed E-state index contributed by atoms with van der Waals surface area (Å²) in [7, 11) is 1.90. The van der Waals surface area contributed by atoms with E-state index in [1.54, 1.807) is 0 Å². The third-order valence-corrected chi connectivity index (χ3v) is 7.20. The third-order valence-electron chi connectivity index (χ3n) is 7.20. The zero-order chi connectivity index (χ0) is 21.5. The monoisotopic (exact) mass is 427 g/mol. The Labute approximate surface area is 188 Å². The summed E-state index contributed by atoms with van der Waals surface area (Å²) in [4.78, 5) is 12.1. The minimum absolute atomic E-state index is 0.102. The highest BCUT2D eigenvalue weighted by Crippen LogP contribution is 2.20.